The maximum Gasteiger partial charge on any atom is 0.188 e. The number of hydrogen-bond donors (Lipinski definition) is 0. The molecule has 4 nitrogen and oxygen atoms in total. The minimum absolute atomic E-state index is 0.0698. The van der Waals surface area contributed by atoms with E-state index in [0.29, 0.717) is 5.75 Å². The van der Waals surface area contributed by atoms with Crippen LogP contribution in [0.25, 0.3) is 0 Å². The van der Waals surface area contributed by atoms with E-state index in [-0.39, 0.29) is 17.9 Å². The van der Waals surface area contributed by atoms with Gasteiger partial charge in [0.15, 0.2) is 5.78 Å². The van der Waals surface area contributed by atoms with E-state index in [4.69, 9.17) is 4.74 Å². The molecule has 2 rings (SSSR count). The van der Waals surface area contributed by atoms with Crippen molar-refractivity contribution >= 4 is 5.78 Å². The molecule has 1 aromatic carbocycles. The number of rotatable bonds is 4. The summed E-state index contributed by atoms with van der Waals surface area (Å²) in [6.07, 6.45) is 0. The molecule has 0 saturated carbocycles. The van der Waals surface area contributed by atoms with Crippen LogP contribution >= 0.6 is 0 Å². The number of ether oxygens (including phenoxy) is 1. The number of aryl methyl sites for hydroxylation is 1. The van der Waals surface area contributed by atoms with Gasteiger partial charge < -0.3 is 4.74 Å². The normalized spacial score (nSPS) is 10.7. The molecule has 5 heteroatoms. The van der Waals surface area contributed by atoms with Gasteiger partial charge in [0.05, 0.1) is 18.4 Å². The van der Waals surface area contributed by atoms with Crippen LogP contribution in [0.5, 0.6) is 5.75 Å². The highest BCUT2D eigenvalue weighted by Gasteiger charge is 2.16. The molecule has 106 valence electrons. The fourth-order valence-corrected chi connectivity index (χ4v) is 2.06. The van der Waals surface area contributed by atoms with E-state index in [1.807, 2.05) is 20.8 Å². The van der Waals surface area contributed by atoms with Crippen LogP contribution in [0.1, 0.15) is 27.3 Å². The van der Waals surface area contributed by atoms with Crippen molar-refractivity contribution < 1.29 is 13.9 Å². The molecule has 1 heterocycles. The summed E-state index contributed by atoms with van der Waals surface area (Å²) in [6.45, 7) is 5.83. The van der Waals surface area contributed by atoms with Gasteiger partial charge in [-0.2, -0.15) is 5.10 Å². The molecule has 0 N–H and O–H groups in total. The van der Waals surface area contributed by atoms with Crippen LogP contribution in [0.3, 0.4) is 0 Å². The average Bonchev–Trinajstić information content (AvgIpc) is 2.66. The van der Waals surface area contributed by atoms with Gasteiger partial charge in [0.2, 0.25) is 0 Å². The smallest absolute Gasteiger partial charge is 0.188 e. The van der Waals surface area contributed by atoms with E-state index >= 15 is 0 Å². The Morgan fingerprint density at radius 1 is 1.35 bits per heavy atom. The van der Waals surface area contributed by atoms with Crippen molar-refractivity contribution in [2.24, 2.45) is 0 Å². The van der Waals surface area contributed by atoms with Crippen LogP contribution in [-0.2, 0) is 6.54 Å². The topological polar surface area (TPSA) is 44.1 Å². The highest BCUT2D eigenvalue weighted by Crippen LogP contribution is 2.21. The minimum Gasteiger partial charge on any atom is -0.496 e. The molecule has 0 fully saturated rings. The summed E-state index contributed by atoms with van der Waals surface area (Å²) in [6, 6.07) is 3.91. The first-order chi connectivity index (χ1) is 9.43. The number of aromatic nitrogens is 2. The number of halogens is 1. The van der Waals surface area contributed by atoms with Gasteiger partial charge in [0.25, 0.3) is 0 Å². The Labute approximate surface area is 117 Å². The van der Waals surface area contributed by atoms with Crippen LogP contribution in [0.2, 0.25) is 0 Å². The van der Waals surface area contributed by atoms with Crippen LogP contribution in [0.15, 0.2) is 18.2 Å². The number of carbonyl (C=O) groups is 1. The first kappa shape index (κ1) is 14.2. The second kappa shape index (κ2) is 5.45. The number of methoxy groups -OCH3 is 1. The fraction of sp³-hybridized carbons (Fsp3) is 0.333. The third kappa shape index (κ3) is 2.57. The van der Waals surface area contributed by atoms with Crippen LogP contribution < -0.4 is 4.74 Å². The monoisotopic (exact) mass is 276 g/mol. The Kier molecular flexibility index (Phi) is 3.88. The van der Waals surface area contributed by atoms with E-state index in [9.17, 15) is 9.18 Å². The maximum atomic E-state index is 13.3. The van der Waals surface area contributed by atoms with Gasteiger partial charge in [-0.25, -0.2) is 4.39 Å². The molecule has 0 bridgehead atoms. The number of nitrogens with zero attached hydrogens (tertiary/aromatic N) is 2. The van der Waals surface area contributed by atoms with Crippen LogP contribution in [0, 0.1) is 26.6 Å². The fourth-order valence-electron chi connectivity index (χ4n) is 2.06. The zero-order chi connectivity index (χ0) is 14.9. The molecule has 0 aliphatic heterocycles. The molecule has 0 unspecified atom stereocenters. The Balaban J connectivity index is 2.32. The van der Waals surface area contributed by atoms with E-state index in [0.717, 1.165) is 17.0 Å². The Morgan fingerprint density at radius 3 is 2.60 bits per heavy atom. The zero-order valence-electron chi connectivity index (χ0n) is 12.0. The van der Waals surface area contributed by atoms with Gasteiger partial charge in [0.1, 0.15) is 18.1 Å². The first-order valence-electron chi connectivity index (χ1n) is 6.31. The summed E-state index contributed by atoms with van der Waals surface area (Å²) >= 11 is 0. The number of carbonyl (C=O) groups excluding carboxylic acids is 1. The molecular formula is C15H17FN2O2. The van der Waals surface area contributed by atoms with Crippen molar-refractivity contribution in [1.29, 1.82) is 0 Å². The molecule has 0 spiro atoms. The molecule has 1 aromatic heterocycles. The first-order valence-corrected chi connectivity index (χ1v) is 6.31. The van der Waals surface area contributed by atoms with Gasteiger partial charge in [-0.1, -0.05) is 0 Å². The summed E-state index contributed by atoms with van der Waals surface area (Å²) in [5.41, 5.74) is 3.12. The van der Waals surface area contributed by atoms with Crippen molar-refractivity contribution in [3.05, 3.63) is 46.5 Å². The molecule has 2 aromatic rings. The molecule has 20 heavy (non-hydrogen) atoms. The standard InChI is InChI=1S/C15H17FN2O2/c1-9-10(2)17-18(11(9)3)8-14(19)13-7-12(16)5-6-15(13)20-4/h5-7H,8H2,1-4H3. The lowest BCUT2D eigenvalue weighted by molar-refractivity contribution is 0.0963. The quantitative estimate of drug-likeness (QED) is 0.807. The largest absolute Gasteiger partial charge is 0.496 e. The molecule has 0 atom stereocenters. The zero-order valence-corrected chi connectivity index (χ0v) is 12.0. The Morgan fingerprint density at radius 2 is 2.05 bits per heavy atom. The second-order valence-electron chi connectivity index (χ2n) is 4.72. The lowest BCUT2D eigenvalue weighted by Crippen LogP contribution is -2.14. The second-order valence-corrected chi connectivity index (χ2v) is 4.72. The van der Waals surface area contributed by atoms with E-state index in [2.05, 4.69) is 5.10 Å². The lowest BCUT2D eigenvalue weighted by Gasteiger charge is -2.09. The summed E-state index contributed by atoms with van der Waals surface area (Å²) in [5.74, 6) is -0.319. The number of benzene rings is 1. The van der Waals surface area contributed by atoms with Crippen molar-refractivity contribution in [3.63, 3.8) is 0 Å². The van der Waals surface area contributed by atoms with Gasteiger partial charge in [0, 0.05) is 5.69 Å². The molecular weight excluding hydrogens is 259 g/mol. The van der Waals surface area contributed by atoms with Crippen molar-refractivity contribution in [2.75, 3.05) is 7.11 Å². The Bertz CT molecular complexity index is 662. The van der Waals surface area contributed by atoms with E-state index < -0.39 is 5.82 Å². The third-order valence-electron chi connectivity index (χ3n) is 3.50. The van der Waals surface area contributed by atoms with Gasteiger partial charge in [-0.3, -0.25) is 9.48 Å². The predicted octanol–water partition coefficient (Wildman–Crippen LogP) is 2.84. The molecule has 0 amide bonds. The number of Topliss-reactive ketones (excluding diaryl/α,β-unsaturated/α-hetero) is 1. The van der Waals surface area contributed by atoms with Gasteiger partial charge in [-0.05, 0) is 44.5 Å². The van der Waals surface area contributed by atoms with Crippen molar-refractivity contribution in [3.8, 4) is 5.75 Å². The van der Waals surface area contributed by atoms with E-state index in [1.165, 1.54) is 25.3 Å². The number of hydrogen-bond acceptors (Lipinski definition) is 3. The SMILES string of the molecule is COc1ccc(F)cc1C(=O)Cn1nc(C)c(C)c1C. The highest BCUT2D eigenvalue weighted by atomic mass is 19.1. The average molecular weight is 276 g/mol. The summed E-state index contributed by atoms with van der Waals surface area (Å²) in [7, 11) is 1.46. The summed E-state index contributed by atoms with van der Waals surface area (Å²) in [4.78, 5) is 12.3. The van der Waals surface area contributed by atoms with E-state index in [1.54, 1.807) is 4.68 Å². The van der Waals surface area contributed by atoms with Crippen molar-refractivity contribution in [1.82, 2.24) is 9.78 Å². The van der Waals surface area contributed by atoms with Crippen LogP contribution in [0.4, 0.5) is 4.39 Å². The highest BCUT2D eigenvalue weighted by molar-refractivity contribution is 5.98. The van der Waals surface area contributed by atoms with Crippen molar-refractivity contribution in [2.45, 2.75) is 27.3 Å². The molecule has 0 aliphatic carbocycles. The van der Waals surface area contributed by atoms with Gasteiger partial charge in [-0.15, -0.1) is 0 Å². The summed E-state index contributed by atoms with van der Waals surface area (Å²) in [5, 5.41) is 4.31. The van der Waals surface area contributed by atoms with Crippen LogP contribution in [-0.4, -0.2) is 22.7 Å². The third-order valence-corrected chi connectivity index (χ3v) is 3.50. The molecule has 0 radical (unpaired) electrons. The maximum absolute atomic E-state index is 13.3. The Hall–Kier alpha value is -2.17. The number of ketones is 1. The van der Waals surface area contributed by atoms with Gasteiger partial charge >= 0.3 is 0 Å². The predicted molar refractivity (Wildman–Crippen MR) is 73.7 cm³/mol. The minimum atomic E-state index is -0.460. The summed E-state index contributed by atoms with van der Waals surface area (Å²) < 4.78 is 20.0. The molecule has 0 aliphatic rings. The molecule has 0 saturated heterocycles. The lowest BCUT2D eigenvalue weighted by atomic mass is 10.1.